The van der Waals surface area contributed by atoms with E-state index >= 15 is 0 Å². The van der Waals surface area contributed by atoms with Crippen LogP contribution in [-0.2, 0) is 19.7 Å². The Hall–Kier alpha value is -3.91. The van der Waals surface area contributed by atoms with Crippen LogP contribution in [0.25, 0.3) is 28.3 Å². The fourth-order valence-corrected chi connectivity index (χ4v) is 4.17. The highest BCUT2D eigenvalue weighted by Gasteiger charge is 2.27. The van der Waals surface area contributed by atoms with Crippen LogP contribution in [-0.4, -0.2) is 23.7 Å². The van der Waals surface area contributed by atoms with E-state index in [4.69, 9.17) is 22.1 Å². The minimum atomic E-state index is -0.405. The van der Waals surface area contributed by atoms with E-state index in [1.807, 2.05) is 70.8 Å². The molecule has 32 heavy (non-hydrogen) atoms. The molecular weight excluding hydrogens is 426 g/mol. The molecule has 0 aliphatic heterocycles. The van der Waals surface area contributed by atoms with Gasteiger partial charge in [-0.1, -0.05) is 12.1 Å². The summed E-state index contributed by atoms with van der Waals surface area (Å²) < 4.78 is 14.5. The van der Waals surface area contributed by atoms with E-state index in [0.717, 1.165) is 28.6 Å². The molecule has 0 aliphatic rings. The summed E-state index contributed by atoms with van der Waals surface area (Å²) in [6.45, 7) is 0. The fourth-order valence-electron chi connectivity index (χ4n) is 3.72. The maximum Gasteiger partial charge on any atom is 0.292 e. The van der Waals surface area contributed by atoms with Crippen LogP contribution in [0, 0.1) is 10.1 Å². The van der Waals surface area contributed by atoms with Crippen molar-refractivity contribution in [3.8, 4) is 39.8 Å². The largest absolute Gasteiger partial charge is 0.733 e. The van der Waals surface area contributed by atoms with Gasteiger partial charge in [0.1, 0.15) is 17.2 Å². The van der Waals surface area contributed by atoms with E-state index in [1.54, 1.807) is 26.4 Å². The number of nitro groups is 1. The first-order valence-electron chi connectivity index (χ1n) is 9.80. The van der Waals surface area contributed by atoms with Gasteiger partial charge in [-0.2, -0.15) is 0 Å². The van der Waals surface area contributed by atoms with Crippen LogP contribution in [0.3, 0.4) is 0 Å². The SMILES string of the molecule is COc1ccc(-c2n(-c3ccc(OC)cc3)c([S-])c(-c3cccc([N+](=O)[O-])c3)[n+]2C)cc1. The molecule has 7 nitrogen and oxygen atoms in total. The third kappa shape index (κ3) is 3.76. The minimum absolute atomic E-state index is 0.0140. The number of methoxy groups -OCH3 is 2. The molecule has 3 aromatic carbocycles. The Bertz CT molecular complexity index is 1210. The van der Waals surface area contributed by atoms with Crippen LogP contribution in [0.15, 0.2) is 77.8 Å². The van der Waals surface area contributed by atoms with Gasteiger partial charge in [0.25, 0.3) is 11.5 Å². The molecular formula is C24H21N3O4S. The van der Waals surface area contributed by atoms with Gasteiger partial charge in [-0.25, -0.2) is 9.13 Å². The predicted molar refractivity (Wildman–Crippen MR) is 123 cm³/mol. The second-order valence-electron chi connectivity index (χ2n) is 7.11. The van der Waals surface area contributed by atoms with Crippen molar-refractivity contribution in [2.45, 2.75) is 5.03 Å². The number of hydrogen-bond donors (Lipinski definition) is 0. The molecule has 0 N–H and O–H groups in total. The molecule has 0 saturated heterocycles. The summed E-state index contributed by atoms with van der Waals surface area (Å²) in [5.74, 6) is 2.32. The van der Waals surface area contributed by atoms with Crippen molar-refractivity contribution in [2.24, 2.45) is 7.05 Å². The Morgan fingerprint density at radius 3 is 2.06 bits per heavy atom. The van der Waals surface area contributed by atoms with Crippen LogP contribution < -0.4 is 14.0 Å². The van der Waals surface area contributed by atoms with Crippen LogP contribution >= 0.6 is 0 Å². The summed E-state index contributed by atoms with van der Waals surface area (Å²) in [6.07, 6.45) is 0. The van der Waals surface area contributed by atoms with Crippen molar-refractivity contribution in [1.29, 1.82) is 0 Å². The molecule has 0 atom stereocenters. The van der Waals surface area contributed by atoms with E-state index in [2.05, 4.69) is 0 Å². The van der Waals surface area contributed by atoms with Crippen molar-refractivity contribution in [2.75, 3.05) is 14.2 Å². The maximum absolute atomic E-state index is 11.3. The highest BCUT2D eigenvalue weighted by molar-refractivity contribution is 7.58. The van der Waals surface area contributed by atoms with Crippen LogP contribution in [0.2, 0.25) is 0 Å². The zero-order valence-electron chi connectivity index (χ0n) is 17.8. The molecule has 0 aliphatic carbocycles. The Morgan fingerprint density at radius 2 is 1.50 bits per heavy atom. The summed E-state index contributed by atoms with van der Waals surface area (Å²) >= 11 is 5.90. The van der Waals surface area contributed by atoms with Gasteiger partial charge in [-0.05, 0) is 48.5 Å². The number of nitro benzene ring substituents is 1. The predicted octanol–water partition coefficient (Wildman–Crippen LogP) is 4.47. The van der Waals surface area contributed by atoms with E-state index < -0.39 is 4.92 Å². The summed E-state index contributed by atoms with van der Waals surface area (Å²) in [5.41, 5.74) is 3.18. The van der Waals surface area contributed by atoms with Crippen LogP contribution in [0.4, 0.5) is 5.69 Å². The van der Waals surface area contributed by atoms with Gasteiger partial charge in [0.15, 0.2) is 5.69 Å². The summed E-state index contributed by atoms with van der Waals surface area (Å²) in [6, 6.07) is 21.8. The average molecular weight is 448 g/mol. The van der Waals surface area contributed by atoms with Gasteiger partial charge < -0.3 is 22.1 Å². The van der Waals surface area contributed by atoms with Gasteiger partial charge >= 0.3 is 0 Å². The topological polar surface area (TPSA) is 70.4 Å². The number of ether oxygens (including phenoxy) is 2. The molecule has 0 radical (unpaired) electrons. The standard InChI is InChI=1S/C24H21N3O4S/c1-25-22(17-5-4-6-19(15-17)27(28)29)24(32)26(18-9-13-21(31-3)14-10-18)23(25)16-7-11-20(30-2)12-8-16/h4-15H,1-3H3. The second kappa shape index (κ2) is 8.68. The second-order valence-corrected chi connectivity index (χ2v) is 7.49. The number of rotatable bonds is 6. The molecule has 8 heteroatoms. The van der Waals surface area contributed by atoms with Gasteiger partial charge in [0.05, 0.1) is 31.8 Å². The van der Waals surface area contributed by atoms with Crippen molar-refractivity contribution in [3.63, 3.8) is 0 Å². The number of hydrogen-bond acceptors (Lipinski definition) is 5. The highest BCUT2D eigenvalue weighted by Crippen LogP contribution is 2.32. The first-order valence-corrected chi connectivity index (χ1v) is 10.2. The number of aromatic nitrogens is 2. The lowest BCUT2D eigenvalue weighted by molar-refractivity contribution is -0.649. The molecule has 0 amide bonds. The molecule has 4 rings (SSSR count). The summed E-state index contributed by atoms with van der Waals surface area (Å²) in [7, 11) is 5.15. The fraction of sp³-hybridized carbons (Fsp3) is 0.125. The van der Waals surface area contributed by atoms with Gasteiger partial charge in [-0.3, -0.25) is 10.1 Å². The third-order valence-electron chi connectivity index (χ3n) is 5.28. The first kappa shape index (κ1) is 21.3. The minimum Gasteiger partial charge on any atom is -0.733 e. The quantitative estimate of drug-likeness (QED) is 0.189. The monoisotopic (exact) mass is 447 g/mol. The molecule has 162 valence electrons. The van der Waals surface area contributed by atoms with E-state index in [1.165, 1.54) is 6.07 Å². The average Bonchev–Trinajstić information content (AvgIpc) is 3.09. The lowest BCUT2D eigenvalue weighted by Gasteiger charge is -2.10. The van der Waals surface area contributed by atoms with E-state index in [0.29, 0.717) is 16.3 Å². The lowest BCUT2D eigenvalue weighted by atomic mass is 10.1. The smallest absolute Gasteiger partial charge is 0.292 e. The summed E-state index contributed by atoms with van der Waals surface area (Å²) in [5, 5.41) is 11.9. The number of non-ortho nitro benzene ring substituents is 1. The number of benzene rings is 3. The molecule has 4 aromatic rings. The Morgan fingerprint density at radius 1 is 0.906 bits per heavy atom. The van der Waals surface area contributed by atoms with Crippen molar-refractivity contribution in [3.05, 3.63) is 82.9 Å². The van der Waals surface area contributed by atoms with E-state index in [-0.39, 0.29) is 5.69 Å². The number of nitrogens with zero attached hydrogens (tertiary/aromatic N) is 3. The lowest BCUT2D eigenvalue weighted by Crippen LogP contribution is -2.32. The van der Waals surface area contributed by atoms with Crippen LogP contribution in [0.5, 0.6) is 11.5 Å². The molecule has 1 aromatic heterocycles. The molecule has 0 spiro atoms. The van der Waals surface area contributed by atoms with Gasteiger partial charge in [0.2, 0.25) is 0 Å². The van der Waals surface area contributed by atoms with Crippen molar-refractivity contribution < 1.29 is 19.0 Å². The normalized spacial score (nSPS) is 10.7. The molecule has 0 saturated carbocycles. The van der Waals surface area contributed by atoms with Gasteiger partial charge in [-0.15, -0.1) is 0 Å². The number of imidazole rings is 1. The molecule has 0 unspecified atom stereocenters. The Kier molecular flexibility index (Phi) is 5.79. The Balaban J connectivity index is 1.99. The van der Waals surface area contributed by atoms with Crippen LogP contribution in [0.1, 0.15) is 0 Å². The highest BCUT2D eigenvalue weighted by atomic mass is 32.1. The summed E-state index contributed by atoms with van der Waals surface area (Å²) in [4.78, 5) is 10.9. The van der Waals surface area contributed by atoms with E-state index in [9.17, 15) is 10.1 Å². The van der Waals surface area contributed by atoms with Gasteiger partial charge in [0, 0.05) is 22.7 Å². The molecule has 1 heterocycles. The zero-order chi connectivity index (χ0) is 22.8. The van der Waals surface area contributed by atoms with Crippen molar-refractivity contribution >= 4 is 18.3 Å². The van der Waals surface area contributed by atoms with Crippen molar-refractivity contribution in [1.82, 2.24) is 4.57 Å². The maximum atomic E-state index is 11.3. The molecule has 0 bridgehead atoms. The Labute approximate surface area is 191 Å². The third-order valence-corrected chi connectivity index (χ3v) is 5.66. The first-order chi connectivity index (χ1) is 15.4. The zero-order valence-corrected chi connectivity index (χ0v) is 18.6. The molecule has 0 fully saturated rings.